The van der Waals surface area contributed by atoms with Gasteiger partial charge in [0.1, 0.15) is 17.5 Å². The van der Waals surface area contributed by atoms with Crippen LogP contribution in [-0.4, -0.2) is 72.7 Å². The summed E-state index contributed by atoms with van der Waals surface area (Å²) in [6.07, 6.45) is 0. The number of fused-ring (bicyclic) bond motifs is 1. The summed E-state index contributed by atoms with van der Waals surface area (Å²) < 4.78 is 5.43. The molecule has 2 N–H and O–H groups in total. The number of pyridine rings is 1. The summed E-state index contributed by atoms with van der Waals surface area (Å²) in [5.74, 6) is -0.00668. The topological polar surface area (TPSA) is 95.0 Å². The van der Waals surface area contributed by atoms with Crippen LogP contribution in [0, 0.1) is 0 Å². The zero-order chi connectivity index (χ0) is 22.5. The molecular formula is C24H26N4O4. The molecule has 0 aliphatic carbocycles. The molecule has 8 nitrogen and oxygen atoms in total. The van der Waals surface area contributed by atoms with Gasteiger partial charge in [-0.25, -0.2) is 4.98 Å². The second-order valence-corrected chi connectivity index (χ2v) is 7.58. The zero-order valence-electron chi connectivity index (χ0n) is 17.9. The average molecular weight is 434 g/mol. The molecule has 1 fully saturated rings. The van der Waals surface area contributed by atoms with Crippen molar-refractivity contribution in [3.05, 3.63) is 66.4 Å². The second kappa shape index (κ2) is 9.65. The molecule has 32 heavy (non-hydrogen) atoms. The van der Waals surface area contributed by atoms with Crippen LogP contribution in [0.25, 0.3) is 10.9 Å². The van der Waals surface area contributed by atoms with E-state index >= 15 is 0 Å². The van der Waals surface area contributed by atoms with E-state index in [9.17, 15) is 14.7 Å². The van der Waals surface area contributed by atoms with Crippen LogP contribution in [0.4, 0.5) is 5.69 Å². The van der Waals surface area contributed by atoms with E-state index in [0.717, 1.165) is 16.8 Å². The third-order valence-electron chi connectivity index (χ3n) is 5.63. The van der Waals surface area contributed by atoms with Crippen molar-refractivity contribution in [1.82, 2.24) is 15.2 Å². The standard InChI is InChI=1S/C24H26N4O4/c1-32-22-9-5-4-8-21(22)27-12-14-28(15-13-27)24(31)20(16-29)26-23(30)19-11-10-17-6-2-3-7-18(17)25-19/h2-11,20,29H,12-16H2,1H3,(H,26,30)/t20-/m0/s1. The minimum atomic E-state index is -1.02. The first-order chi connectivity index (χ1) is 15.6. The van der Waals surface area contributed by atoms with Gasteiger partial charge in [-0.05, 0) is 24.3 Å². The third-order valence-corrected chi connectivity index (χ3v) is 5.63. The van der Waals surface area contributed by atoms with Crippen molar-refractivity contribution >= 4 is 28.4 Å². The van der Waals surface area contributed by atoms with E-state index in [0.29, 0.717) is 31.7 Å². The highest BCUT2D eigenvalue weighted by Gasteiger charge is 2.29. The Morgan fingerprint density at radius 3 is 2.50 bits per heavy atom. The molecule has 8 heteroatoms. The first kappa shape index (κ1) is 21.6. The number of rotatable bonds is 6. The molecule has 1 aliphatic rings. The lowest BCUT2D eigenvalue weighted by molar-refractivity contribution is -0.134. The minimum absolute atomic E-state index is 0.205. The van der Waals surface area contributed by atoms with Crippen molar-refractivity contribution in [1.29, 1.82) is 0 Å². The summed E-state index contributed by atoms with van der Waals surface area (Å²) in [5, 5.41) is 13.3. The van der Waals surface area contributed by atoms with Crippen molar-refractivity contribution in [3.63, 3.8) is 0 Å². The van der Waals surface area contributed by atoms with Crippen molar-refractivity contribution < 1.29 is 19.4 Å². The normalized spacial score (nSPS) is 14.8. The number of amides is 2. The number of hydrogen-bond acceptors (Lipinski definition) is 6. The van der Waals surface area contributed by atoms with Gasteiger partial charge in [0.2, 0.25) is 5.91 Å². The van der Waals surface area contributed by atoms with Crippen LogP contribution < -0.4 is 15.0 Å². The fraction of sp³-hybridized carbons (Fsp3) is 0.292. The van der Waals surface area contributed by atoms with Gasteiger partial charge in [-0.2, -0.15) is 0 Å². The molecule has 3 aromatic rings. The number of aromatic nitrogens is 1. The molecule has 1 atom stereocenters. The Balaban J connectivity index is 1.39. The Bertz CT molecular complexity index is 1110. The van der Waals surface area contributed by atoms with Crippen molar-refractivity contribution in [3.8, 4) is 5.75 Å². The summed E-state index contributed by atoms with van der Waals surface area (Å²) in [4.78, 5) is 33.8. The van der Waals surface area contributed by atoms with Crippen LogP contribution in [0.2, 0.25) is 0 Å². The quantitative estimate of drug-likeness (QED) is 0.613. The van der Waals surface area contributed by atoms with E-state index in [1.165, 1.54) is 0 Å². The van der Waals surface area contributed by atoms with Crippen LogP contribution >= 0.6 is 0 Å². The van der Waals surface area contributed by atoms with Gasteiger partial charge in [0.25, 0.3) is 5.91 Å². The molecule has 1 aliphatic heterocycles. The fourth-order valence-corrected chi connectivity index (χ4v) is 3.89. The van der Waals surface area contributed by atoms with Crippen molar-refractivity contribution in [2.75, 3.05) is 44.8 Å². The highest BCUT2D eigenvalue weighted by Crippen LogP contribution is 2.28. The third kappa shape index (κ3) is 4.50. The SMILES string of the molecule is COc1ccccc1N1CCN(C(=O)[C@H](CO)NC(=O)c2ccc3ccccc3n2)CC1. The van der Waals surface area contributed by atoms with E-state index in [1.807, 2.05) is 54.6 Å². The summed E-state index contributed by atoms with van der Waals surface area (Å²) in [7, 11) is 1.64. The lowest BCUT2D eigenvalue weighted by Crippen LogP contribution is -2.56. The molecule has 2 heterocycles. The lowest BCUT2D eigenvalue weighted by Gasteiger charge is -2.37. The maximum atomic E-state index is 13.0. The lowest BCUT2D eigenvalue weighted by atomic mass is 10.1. The molecule has 1 saturated heterocycles. The monoisotopic (exact) mass is 434 g/mol. The molecule has 1 aromatic heterocycles. The van der Waals surface area contributed by atoms with Gasteiger partial charge < -0.3 is 25.0 Å². The van der Waals surface area contributed by atoms with Gasteiger partial charge in [-0.1, -0.05) is 36.4 Å². The number of ether oxygens (including phenoxy) is 1. The second-order valence-electron chi connectivity index (χ2n) is 7.58. The van der Waals surface area contributed by atoms with Crippen LogP contribution in [0.5, 0.6) is 5.75 Å². The Morgan fingerprint density at radius 1 is 1.03 bits per heavy atom. The predicted molar refractivity (Wildman–Crippen MR) is 122 cm³/mol. The number of aliphatic hydroxyl groups excluding tert-OH is 1. The number of nitrogens with zero attached hydrogens (tertiary/aromatic N) is 3. The summed E-state index contributed by atoms with van der Waals surface area (Å²) in [6, 6.07) is 17.7. The maximum Gasteiger partial charge on any atom is 0.270 e. The number of anilines is 1. The number of methoxy groups -OCH3 is 1. The van der Waals surface area contributed by atoms with Gasteiger partial charge in [-0.3, -0.25) is 9.59 Å². The van der Waals surface area contributed by atoms with E-state index in [-0.39, 0.29) is 11.6 Å². The molecule has 166 valence electrons. The first-order valence-corrected chi connectivity index (χ1v) is 10.5. The number of piperazine rings is 1. The molecule has 0 unspecified atom stereocenters. The van der Waals surface area contributed by atoms with E-state index in [1.54, 1.807) is 18.1 Å². The van der Waals surface area contributed by atoms with Gasteiger partial charge in [0.05, 0.1) is 24.9 Å². The summed E-state index contributed by atoms with van der Waals surface area (Å²) in [5.41, 5.74) is 1.88. The molecule has 0 radical (unpaired) electrons. The van der Waals surface area contributed by atoms with Gasteiger partial charge in [-0.15, -0.1) is 0 Å². The van der Waals surface area contributed by atoms with E-state index in [4.69, 9.17) is 4.74 Å². The Kier molecular flexibility index (Phi) is 6.51. The number of aliphatic hydroxyl groups is 1. The van der Waals surface area contributed by atoms with E-state index in [2.05, 4.69) is 15.2 Å². The number of carbonyl (C=O) groups excluding carboxylic acids is 2. The van der Waals surface area contributed by atoms with Crippen LogP contribution in [0.3, 0.4) is 0 Å². The first-order valence-electron chi connectivity index (χ1n) is 10.5. The largest absolute Gasteiger partial charge is 0.495 e. The summed E-state index contributed by atoms with van der Waals surface area (Å²) in [6.45, 7) is 1.74. The van der Waals surface area contributed by atoms with Gasteiger partial charge in [0.15, 0.2) is 0 Å². The van der Waals surface area contributed by atoms with E-state index < -0.39 is 18.6 Å². The van der Waals surface area contributed by atoms with Crippen LogP contribution in [0.1, 0.15) is 10.5 Å². The van der Waals surface area contributed by atoms with Gasteiger partial charge >= 0.3 is 0 Å². The molecule has 0 bridgehead atoms. The van der Waals surface area contributed by atoms with Crippen LogP contribution in [-0.2, 0) is 4.79 Å². The Morgan fingerprint density at radius 2 is 1.75 bits per heavy atom. The zero-order valence-corrected chi connectivity index (χ0v) is 17.9. The minimum Gasteiger partial charge on any atom is -0.495 e. The molecule has 0 saturated carbocycles. The number of carbonyl (C=O) groups is 2. The number of hydrogen-bond donors (Lipinski definition) is 2. The highest BCUT2D eigenvalue weighted by molar-refractivity contribution is 5.97. The Labute approximate surface area is 186 Å². The van der Waals surface area contributed by atoms with Crippen molar-refractivity contribution in [2.45, 2.75) is 6.04 Å². The smallest absolute Gasteiger partial charge is 0.270 e. The maximum absolute atomic E-state index is 13.0. The molecular weight excluding hydrogens is 408 g/mol. The molecule has 0 spiro atoms. The highest BCUT2D eigenvalue weighted by atomic mass is 16.5. The molecule has 4 rings (SSSR count). The van der Waals surface area contributed by atoms with Crippen LogP contribution in [0.15, 0.2) is 60.7 Å². The van der Waals surface area contributed by atoms with Gasteiger partial charge in [0, 0.05) is 31.6 Å². The molecule has 2 aromatic carbocycles. The Hall–Kier alpha value is -3.65. The fourth-order valence-electron chi connectivity index (χ4n) is 3.89. The molecule has 2 amide bonds. The average Bonchev–Trinajstić information content (AvgIpc) is 2.86. The number of para-hydroxylation sites is 3. The van der Waals surface area contributed by atoms with Crippen molar-refractivity contribution in [2.24, 2.45) is 0 Å². The predicted octanol–water partition coefficient (Wildman–Crippen LogP) is 1.68. The summed E-state index contributed by atoms with van der Waals surface area (Å²) >= 11 is 0. The number of nitrogens with one attached hydrogen (secondary N) is 1. The number of benzene rings is 2.